The van der Waals surface area contributed by atoms with E-state index < -0.39 is 0 Å². The van der Waals surface area contributed by atoms with Crippen LogP contribution in [0.15, 0.2) is 18.0 Å². The number of carbonyl (C=O) groups excluding carboxylic acids is 2. The van der Waals surface area contributed by atoms with Crippen LogP contribution >= 0.6 is 11.3 Å². The van der Waals surface area contributed by atoms with Crippen molar-refractivity contribution in [3.8, 4) is 0 Å². The Labute approximate surface area is 122 Å². The zero-order valence-corrected chi connectivity index (χ0v) is 12.2. The van der Waals surface area contributed by atoms with E-state index in [0.717, 1.165) is 11.8 Å². The van der Waals surface area contributed by atoms with Crippen LogP contribution < -0.4 is 10.6 Å². The lowest BCUT2D eigenvalue weighted by Gasteiger charge is -2.19. The first-order chi connectivity index (χ1) is 9.69. The number of nitrogens with one attached hydrogen (secondary N) is 2. The minimum atomic E-state index is -0.359. The molecule has 1 aromatic heterocycles. The summed E-state index contributed by atoms with van der Waals surface area (Å²) < 4.78 is 0. The van der Waals surface area contributed by atoms with Crippen molar-refractivity contribution < 1.29 is 9.59 Å². The Morgan fingerprint density at radius 1 is 1.40 bits per heavy atom. The van der Waals surface area contributed by atoms with Crippen LogP contribution in [0.4, 0.5) is 5.13 Å². The van der Waals surface area contributed by atoms with Crippen LogP contribution in [-0.2, 0) is 9.59 Å². The van der Waals surface area contributed by atoms with Gasteiger partial charge in [-0.3, -0.25) is 9.59 Å². The highest BCUT2D eigenvalue weighted by molar-refractivity contribution is 7.13. The summed E-state index contributed by atoms with van der Waals surface area (Å²) in [6.07, 6.45) is 7.35. The second kappa shape index (κ2) is 7.19. The van der Waals surface area contributed by atoms with Gasteiger partial charge >= 0.3 is 0 Å². The summed E-state index contributed by atoms with van der Waals surface area (Å²) >= 11 is 1.44. The van der Waals surface area contributed by atoms with Crippen molar-refractivity contribution in [3.05, 3.63) is 23.7 Å². The molecule has 1 aromatic rings. The third kappa shape index (κ3) is 4.16. The van der Waals surface area contributed by atoms with Gasteiger partial charge in [0.2, 0.25) is 11.8 Å². The first kappa shape index (κ1) is 14.7. The molecule has 1 heterocycles. The van der Waals surface area contributed by atoms with Crippen LogP contribution in [0, 0.1) is 0 Å². The van der Waals surface area contributed by atoms with Gasteiger partial charge in [0.15, 0.2) is 5.13 Å². The van der Waals surface area contributed by atoms with Crippen LogP contribution in [0.25, 0.3) is 0 Å². The Kier molecular flexibility index (Phi) is 5.29. The molecular formula is C14H19N3O2S. The number of carbonyl (C=O) groups is 2. The molecule has 0 spiro atoms. The van der Waals surface area contributed by atoms with Gasteiger partial charge < -0.3 is 10.6 Å². The SMILES string of the molecule is C=CC(=O)NCC(=O)Nc1nc(C2CCCCC2)cs1. The van der Waals surface area contributed by atoms with Crippen LogP contribution in [0.3, 0.4) is 0 Å². The summed E-state index contributed by atoms with van der Waals surface area (Å²) in [4.78, 5) is 27.1. The average Bonchev–Trinajstić information content (AvgIpc) is 2.94. The number of aromatic nitrogens is 1. The van der Waals surface area contributed by atoms with Crippen molar-refractivity contribution in [2.24, 2.45) is 0 Å². The third-order valence-electron chi connectivity index (χ3n) is 3.40. The third-order valence-corrected chi connectivity index (χ3v) is 4.18. The molecule has 1 aliphatic rings. The van der Waals surface area contributed by atoms with Crippen molar-refractivity contribution in [3.63, 3.8) is 0 Å². The highest BCUT2D eigenvalue weighted by Crippen LogP contribution is 2.33. The Bertz CT molecular complexity index is 492. The molecule has 0 bridgehead atoms. The van der Waals surface area contributed by atoms with E-state index >= 15 is 0 Å². The summed E-state index contributed by atoms with van der Waals surface area (Å²) in [7, 11) is 0. The Balaban J connectivity index is 1.84. The molecule has 2 N–H and O–H groups in total. The molecule has 2 rings (SSSR count). The molecule has 6 heteroatoms. The van der Waals surface area contributed by atoms with Gasteiger partial charge in [0.05, 0.1) is 12.2 Å². The number of anilines is 1. The maximum Gasteiger partial charge on any atom is 0.245 e. The number of nitrogens with zero attached hydrogens (tertiary/aromatic N) is 1. The molecule has 108 valence electrons. The topological polar surface area (TPSA) is 71.1 Å². The largest absolute Gasteiger partial charge is 0.343 e. The maximum absolute atomic E-state index is 11.6. The molecule has 1 saturated carbocycles. The van der Waals surface area contributed by atoms with E-state index in [0.29, 0.717) is 11.0 Å². The van der Waals surface area contributed by atoms with E-state index in [-0.39, 0.29) is 18.4 Å². The predicted molar refractivity (Wildman–Crippen MR) is 79.8 cm³/mol. The molecule has 1 aliphatic carbocycles. The maximum atomic E-state index is 11.6. The van der Waals surface area contributed by atoms with E-state index in [1.165, 1.54) is 43.4 Å². The van der Waals surface area contributed by atoms with Crippen LogP contribution in [0.2, 0.25) is 0 Å². The predicted octanol–water partition coefficient (Wildman–Crippen LogP) is 2.43. The van der Waals surface area contributed by atoms with Crippen molar-refractivity contribution in [1.82, 2.24) is 10.3 Å². The lowest BCUT2D eigenvalue weighted by atomic mass is 9.87. The minimum absolute atomic E-state index is 0.0663. The molecule has 0 radical (unpaired) electrons. The van der Waals surface area contributed by atoms with Gasteiger partial charge in [0.25, 0.3) is 0 Å². The van der Waals surface area contributed by atoms with Crippen molar-refractivity contribution in [2.75, 3.05) is 11.9 Å². The van der Waals surface area contributed by atoms with E-state index in [1.54, 1.807) is 0 Å². The van der Waals surface area contributed by atoms with Gasteiger partial charge in [0, 0.05) is 11.3 Å². The average molecular weight is 293 g/mol. The highest BCUT2D eigenvalue weighted by atomic mass is 32.1. The van der Waals surface area contributed by atoms with Crippen LogP contribution in [0.5, 0.6) is 0 Å². The van der Waals surface area contributed by atoms with Gasteiger partial charge in [-0.2, -0.15) is 0 Å². The lowest BCUT2D eigenvalue weighted by Crippen LogP contribution is -2.31. The molecule has 0 aromatic carbocycles. The molecule has 0 aliphatic heterocycles. The second-order valence-electron chi connectivity index (χ2n) is 4.88. The minimum Gasteiger partial charge on any atom is -0.343 e. The van der Waals surface area contributed by atoms with E-state index in [2.05, 4.69) is 22.2 Å². The normalized spacial score (nSPS) is 15.6. The fourth-order valence-corrected chi connectivity index (χ4v) is 3.14. The molecule has 0 unspecified atom stereocenters. The van der Waals surface area contributed by atoms with E-state index in [1.807, 2.05) is 5.38 Å². The molecule has 0 saturated heterocycles. The highest BCUT2D eigenvalue weighted by Gasteiger charge is 2.18. The summed E-state index contributed by atoms with van der Waals surface area (Å²) in [5, 5.41) is 7.75. The van der Waals surface area contributed by atoms with E-state index in [9.17, 15) is 9.59 Å². The molecule has 20 heavy (non-hydrogen) atoms. The zero-order valence-electron chi connectivity index (χ0n) is 11.4. The number of rotatable bonds is 5. The number of hydrogen-bond donors (Lipinski definition) is 2. The van der Waals surface area contributed by atoms with Gasteiger partial charge in [-0.1, -0.05) is 25.8 Å². The second-order valence-corrected chi connectivity index (χ2v) is 5.74. The fraction of sp³-hybridized carbons (Fsp3) is 0.500. The zero-order chi connectivity index (χ0) is 14.4. The molecule has 0 atom stereocenters. The summed E-state index contributed by atoms with van der Waals surface area (Å²) in [5.41, 5.74) is 1.08. The van der Waals surface area contributed by atoms with E-state index in [4.69, 9.17) is 0 Å². The Hall–Kier alpha value is -1.69. The summed E-state index contributed by atoms with van der Waals surface area (Å²) in [6, 6.07) is 0. The molecule has 1 fully saturated rings. The monoisotopic (exact) mass is 293 g/mol. The van der Waals surface area contributed by atoms with Crippen molar-refractivity contribution in [1.29, 1.82) is 0 Å². The lowest BCUT2D eigenvalue weighted by molar-refractivity contribution is -0.121. The number of thiazole rings is 1. The Morgan fingerprint density at radius 2 is 2.15 bits per heavy atom. The number of hydrogen-bond acceptors (Lipinski definition) is 4. The van der Waals surface area contributed by atoms with Crippen LogP contribution in [0.1, 0.15) is 43.7 Å². The van der Waals surface area contributed by atoms with Gasteiger partial charge in [-0.15, -0.1) is 11.3 Å². The first-order valence-electron chi connectivity index (χ1n) is 6.84. The van der Waals surface area contributed by atoms with Gasteiger partial charge in [-0.25, -0.2) is 4.98 Å². The first-order valence-corrected chi connectivity index (χ1v) is 7.72. The fourth-order valence-electron chi connectivity index (χ4n) is 2.33. The van der Waals surface area contributed by atoms with Crippen LogP contribution in [-0.4, -0.2) is 23.3 Å². The molecular weight excluding hydrogens is 274 g/mol. The molecule has 5 nitrogen and oxygen atoms in total. The smallest absolute Gasteiger partial charge is 0.245 e. The number of amides is 2. The van der Waals surface area contributed by atoms with Crippen molar-refractivity contribution in [2.45, 2.75) is 38.0 Å². The molecule has 2 amide bonds. The Morgan fingerprint density at radius 3 is 2.85 bits per heavy atom. The standard InChI is InChI=1S/C14H19N3O2S/c1-2-12(18)15-8-13(19)17-14-16-11(9-20-14)10-6-4-3-5-7-10/h2,9-10H,1,3-8H2,(H,15,18)(H,16,17,19). The quantitative estimate of drug-likeness (QED) is 0.819. The van der Waals surface area contributed by atoms with Gasteiger partial charge in [-0.05, 0) is 18.9 Å². The van der Waals surface area contributed by atoms with Crippen molar-refractivity contribution >= 4 is 28.3 Å². The van der Waals surface area contributed by atoms with Gasteiger partial charge in [0.1, 0.15) is 0 Å². The summed E-state index contributed by atoms with van der Waals surface area (Å²) in [5.74, 6) is -0.0990. The summed E-state index contributed by atoms with van der Waals surface area (Å²) in [6.45, 7) is 3.26.